The van der Waals surface area contributed by atoms with E-state index in [2.05, 4.69) is 20.9 Å². The summed E-state index contributed by atoms with van der Waals surface area (Å²) < 4.78 is 26.6. The van der Waals surface area contributed by atoms with Crippen LogP contribution in [0.4, 0.5) is 8.78 Å². The molecule has 2 nitrogen and oxygen atoms in total. The van der Waals surface area contributed by atoms with Crippen LogP contribution in [-0.2, 0) is 0 Å². The maximum Gasteiger partial charge on any atom is 0.274 e. The second-order valence-electron chi connectivity index (χ2n) is 2.17. The summed E-state index contributed by atoms with van der Waals surface area (Å²) in [6.07, 6.45) is 0.562. The van der Waals surface area contributed by atoms with Gasteiger partial charge in [0.05, 0.1) is 11.1 Å². The zero-order valence-electron chi connectivity index (χ0n) is 5.67. The molecule has 0 saturated heterocycles. The summed E-state index contributed by atoms with van der Waals surface area (Å²) in [6, 6.07) is 0. The van der Waals surface area contributed by atoms with Crippen molar-refractivity contribution in [3.63, 3.8) is 0 Å². The molecule has 0 bridgehead atoms. The molecule has 0 unspecified atom stereocenters. The highest BCUT2D eigenvalue weighted by molar-refractivity contribution is 9.10. The van der Waals surface area contributed by atoms with Crippen LogP contribution in [0.2, 0.25) is 0 Å². The quantitative estimate of drug-likeness (QED) is 0.763. The highest BCUT2D eigenvalue weighted by Crippen LogP contribution is 2.28. The average molecular weight is 253 g/mol. The maximum absolute atomic E-state index is 12.2. The van der Waals surface area contributed by atoms with Gasteiger partial charge in [0.1, 0.15) is 4.60 Å². The summed E-state index contributed by atoms with van der Waals surface area (Å²) in [5.74, 6) is 0. The first-order valence-corrected chi connectivity index (χ1v) is 4.70. The van der Waals surface area contributed by atoms with Crippen molar-refractivity contribution in [1.29, 1.82) is 0 Å². The van der Waals surface area contributed by atoms with E-state index in [1.54, 1.807) is 10.6 Å². The number of hydrogen-bond donors (Lipinski definition) is 0. The van der Waals surface area contributed by atoms with E-state index in [0.29, 0.717) is 9.56 Å². The van der Waals surface area contributed by atoms with E-state index in [1.165, 1.54) is 6.20 Å². The maximum atomic E-state index is 12.2. The molecule has 0 aliphatic rings. The highest BCUT2D eigenvalue weighted by Gasteiger charge is 2.13. The molecule has 0 aliphatic carbocycles. The molecule has 0 amide bonds. The Bertz CT molecular complexity index is 409. The molecule has 0 aliphatic heterocycles. The first-order chi connectivity index (χ1) is 5.68. The van der Waals surface area contributed by atoms with Gasteiger partial charge in [-0.25, -0.2) is 13.8 Å². The molecule has 0 fully saturated rings. The Hall–Kier alpha value is -0.490. The summed E-state index contributed by atoms with van der Waals surface area (Å²) in [4.78, 5) is 4.54. The SMILES string of the molecule is FC(F)c1cn2c(Br)cnc2s1. The Morgan fingerprint density at radius 2 is 2.33 bits per heavy atom. The molecule has 0 radical (unpaired) electrons. The van der Waals surface area contributed by atoms with E-state index >= 15 is 0 Å². The molecular formula is C6H3BrF2N2S. The van der Waals surface area contributed by atoms with Crippen molar-refractivity contribution >= 4 is 32.2 Å². The van der Waals surface area contributed by atoms with E-state index < -0.39 is 6.43 Å². The van der Waals surface area contributed by atoms with Gasteiger partial charge in [-0.05, 0) is 15.9 Å². The topological polar surface area (TPSA) is 17.3 Å². The zero-order chi connectivity index (χ0) is 8.72. The van der Waals surface area contributed by atoms with Crippen LogP contribution >= 0.6 is 27.3 Å². The lowest BCUT2D eigenvalue weighted by Gasteiger charge is -1.88. The van der Waals surface area contributed by atoms with Crippen LogP contribution in [0.5, 0.6) is 0 Å². The zero-order valence-corrected chi connectivity index (χ0v) is 8.07. The number of alkyl halides is 2. The van der Waals surface area contributed by atoms with Crippen molar-refractivity contribution in [2.24, 2.45) is 0 Å². The lowest BCUT2D eigenvalue weighted by atomic mass is 10.6. The van der Waals surface area contributed by atoms with E-state index in [1.807, 2.05) is 0 Å². The Kier molecular flexibility index (Phi) is 1.88. The molecule has 0 aromatic carbocycles. The molecule has 2 rings (SSSR count). The minimum absolute atomic E-state index is 0.0406. The molecular weight excluding hydrogens is 250 g/mol. The van der Waals surface area contributed by atoms with Crippen molar-refractivity contribution in [2.45, 2.75) is 6.43 Å². The molecule has 0 N–H and O–H groups in total. The number of imidazole rings is 1. The summed E-state index contributed by atoms with van der Waals surface area (Å²) >= 11 is 4.19. The third-order valence-electron chi connectivity index (χ3n) is 1.40. The van der Waals surface area contributed by atoms with Crippen molar-refractivity contribution < 1.29 is 8.78 Å². The summed E-state index contributed by atoms with van der Waals surface area (Å²) in [6.45, 7) is 0. The van der Waals surface area contributed by atoms with Crippen LogP contribution < -0.4 is 0 Å². The predicted molar refractivity (Wildman–Crippen MR) is 45.7 cm³/mol. The summed E-state index contributed by atoms with van der Waals surface area (Å²) in [5, 5.41) is 0. The molecule has 0 saturated carbocycles. The van der Waals surface area contributed by atoms with E-state index in [0.717, 1.165) is 11.3 Å². The third kappa shape index (κ3) is 1.15. The van der Waals surface area contributed by atoms with Crippen molar-refractivity contribution in [1.82, 2.24) is 9.38 Å². The normalized spacial score (nSPS) is 11.7. The van der Waals surface area contributed by atoms with Crippen LogP contribution in [0.1, 0.15) is 11.3 Å². The number of nitrogens with zero attached hydrogens (tertiary/aromatic N) is 2. The molecule has 0 atom stereocenters. The second-order valence-corrected chi connectivity index (χ2v) is 4.02. The van der Waals surface area contributed by atoms with Crippen LogP contribution in [0, 0.1) is 0 Å². The lowest BCUT2D eigenvalue weighted by Crippen LogP contribution is -1.78. The minimum atomic E-state index is -2.41. The van der Waals surface area contributed by atoms with Crippen molar-refractivity contribution in [3.05, 3.63) is 21.9 Å². The first kappa shape index (κ1) is 8.12. The molecule has 2 aromatic rings. The van der Waals surface area contributed by atoms with Crippen molar-refractivity contribution in [3.8, 4) is 0 Å². The van der Waals surface area contributed by atoms with Crippen LogP contribution in [0.25, 0.3) is 4.96 Å². The second kappa shape index (κ2) is 2.77. The van der Waals surface area contributed by atoms with Gasteiger partial charge in [-0.15, -0.1) is 0 Å². The summed E-state index contributed by atoms with van der Waals surface area (Å²) in [5.41, 5.74) is 0. The monoisotopic (exact) mass is 252 g/mol. The van der Waals surface area contributed by atoms with Gasteiger partial charge in [0.15, 0.2) is 4.96 Å². The number of thiazole rings is 1. The Morgan fingerprint density at radius 1 is 1.58 bits per heavy atom. The van der Waals surface area contributed by atoms with E-state index in [4.69, 9.17) is 0 Å². The number of halogens is 3. The van der Waals surface area contributed by atoms with E-state index in [9.17, 15) is 8.78 Å². The van der Waals surface area contributed by atoms with Crippen molar-refractivity contribution in [2.75, 3.05) is 0 Å². The first-order valence-electron chi connectivity index (χ1n) is 3.09. The van der Waals surface area contributed by atoms with Gasteiger partial charge in [-0.3, -0.25) is 4.40 Å². The number of hydrogen-bond acceptors (Lipinski definition) is 2. The molecule has 2 aromatic heterocycles. The van der Waals surface area contributed by atoms with Gasteiger partial charge in [-0.1, -0.05) is 11.3 Å². The predicted octanol–water partition coefficient (Wildman–Crippen LogP) is 3.10. The Morgan fingerprint density at radius 3 is 2.92 bits per heavy atom. The fraction of sp³-hybridized carbons (Fsp3) is 0.167. The molecule has 12 heavy (non-hydrogen) atoms. The van der Waals surface area contributed by atoms with Crippen LogP contribution in [0.3, 0.4) is 0 Å². The Balaban J connectivity index is 2.63. The van der Waals surface area contributed by atoms with Gasteiger partial charge in [0.25, 0.3) is 6.43 Å². The third-order valence-corrected chi connectivity index (χ3v) is 2.99. The van der Waals surface area contributed by atoms with E-state index in [-0.39, 0.29) is 4.88 Å². The van der Waals surface area contributed by atoms with Gasteiger partial charge in [-0.2, -0.15) is 0 Å². The largest absolute Gasteiger partial charge is 0.284 e. The van der Waals surface area contributed by atoms with Gasteiger partial charge >= 0.3 is 0 Å². The summed E-state index contributed by atoms with van der Waals surface area (Å²) in [7, 11) is 0. The van der Waals surface area contributed by atoms with Gasteiger partial charge < -0.3 is 0 Å². The smallest absolute Gasteiger partial charge is 0.274 e. The van der Waals surface area contributed by atoms with Crippen LogP contribution in [-0.4, -0.2) is 9.38 Å². The Labute approximate surface area is 79.0 Å². The molecule has 0 spiro atoms. The lowest BCUT2D eigenvalue weighted by molar-refractivity contribution is 0.155. The fourth-order valence-corrected chi connectivity index (χ4v) is 2.18. The fourth-order valence-electron chi connectivity index (χ4n) is 0.877. The van der Waals surface area contributed by atoms with Crippen LogP contribution in [0.15, 0.2) is 17.0 Å². The minimum Gasteiger partial charge on any atom is -0.284 e. The average Bonchev–Trinajstić information content (AvgIpc) is 2.53. The highest BCUT2D eigenvalue weighted by atomic mass is 79.9. The molecule has 6 heteroatoms. The molecule has 2 heterocycles. The standard InChI is InChI=1S/C6H3BrF2N2S/c7-4-1-10-6-11(4)2-3(12-6)5(8)9/h1-2,5H. The number of aromatic nitrogens is 2. The number of rotatable bonds is 1. The van der Waals surface area contributed by atoms with Gasteiger partial charge in [0, 0.05) is 6.20 Å². The molecule has 64 valence electrons. The van der Waals surface area contributed by atoms with Gasteiger partial charge in [0.2, 0.25) is 0 Å². The number of fused-ring (bicyclic) bond motifs is 1.